The van der Waals surface area contributed by atoms with Crippen molar-refractivity contribution >= 4 is 11.0 Å². The summed E-state index contributed by atoms with van der Waals surface area (Å²) in [7, 11) is 0. The summed E-state index contributed by atoms with van der Waals surface area (Å²) in [6.07, 6.45) is 0. The van der Waals surface area contributed by atoms with E-state index in [1.165, 1.54) is 0 Å². The van der Waals surface area contributed by atoms with Crippen molar-refractivity contribution in [3.8, 4) is 17.1 Å². The van der Waals surface area contributed by atoms with Crippen molar-refractivity contribution in [1.29, 1.82) is 0 Å². The highest BCUT2D eigenvalue weighted by molar-refractivity contribution is 5.82. The monoisotopic (exact) mass is 266 g/mol. The van der Waals surface area contributed by atoms with Crippen LogP contribution in [0.2, 0.25) is 0 Å². The van der Waals surface area contributed by atoms with Crippen LogP contribution < -0.4 is 0 Å². The van der Waals surface area contributed by atoms with Crippen LogP contribution in [0.1, 0.15) is 20.8 Å². The van der Waals surface area contributed by atoms with Crippen molar-refractivity contribution in [1.82, 2.24) is 9.55 Å². The normalized spacial score (nSPS) is 11.9. The Morgan fingerprint density at radius 3 is 2.30 bits per heavy atom. The highest BCUT2D eigenvalue weighted by Gasteiger charge is 2.23. The van der Waals surface area contributed by atoms with Crippen LogP contribution in [-0.2, 0) is 5.54 Å². The first-order valence-corrected chi connectivity index (χ1v) is 6.75. The Morgan fingerprint density at radius 2 is 1.60 bits per heavy atom. The molecule has 0 aliphatic heterocycles. The molecule has 1 heterocycles. The van der Waals surface area contributed by atoms with E-state index in [4.69, 9.17) is 4.98 Å². The van der Waals surface area contributed by atoms with Crippen molar-refractivity contribution < 1.29 is 5.11 Å². The van der Waals surface area contributed by atoms with Gasteiger partial charge in [-0.25, -0.2) is 4.98 Å². The number of imidazole rings is 1. The zero-order valence-corrected chi connectivity index (χ0v) is 12.0. The topological polar surface area (TPSA) is 38.0 Å². The van der Waals surface area contributed by atoms with Crippen molar-refractivity contribution in [3.05, 3.63) is 48.5 Å². The predicted octanol–water partition coefficient (Wildman–Crippen LogP) is 4.16. The molecule has 0 aliphatic rings. The van der Waals surface area contributed by atoms with Gasteiger partial charge in [0.15, 0.2) is 0 Å². The van der Waals surface area contributed by atoms with E-state index in [2.05, 4.69) is 31.4 Å². The molecule has 20 heavy (non-hydrogen) atoms. The number of para-hydroxylation sites is 3. The molecule has 0 saturated carbocycles. The number of benzene rings is 2. The lowest BCUT2D eigenvalue weighted by Gasteiger charge is -2.25. The molecule has 0 spiro atoms. The summed E-state index contributed by atoms with van der Waals surface area (Å²) in [5, 5.41) is 10.1. The number of hydrogen-bond acceptors (Lipinski definition) is 2. The third-order valence-electron chi connectivity index (χ3n) is 3.38. The molecule has 1 aromatic heterocycles. The predicted molar refractivity (Wildman–Crippen MR) is 81.8 cm³/mol. The minimum absolute atomic E-state index is 0.117. The van der Waals surface area contributed by atoms with Crippen LogP contribution in [0.25, 0.3) is 22.4 Å². The highest BCUT2D eigenvalue weighted by atomic mass is 16.3. The number of fused-ring (bicyclic) bond motifs is 1. The van der Waals surface area contributed by atoms with Gasteiger partial charge in [0.05, 0.1) is 16.6 Å². The summed E-state index contributed by atoms with van der Waals surface area (Å²) < 4.78 is 2.18. The fraction of sp³-hybridized carbons (Fsp3) is 0.235. The van der Waals surface area contributed by atoms with Crippen LogP contribution in [0.3, 0.4) is 0 Å². The Hall–Kier alpha value is -2.29. The van der Waals surface area contributed by atoms with Gasteiger partial charge in [-0.2, -0.15) is 0 Å². The van der Waals surface area contributed by atoms with Gasteiger partial charge in [0.2, 0.25) is 0 Å². The van der Waals surface area contributed by atoms with Crippen LogP contribution in [-0.4, -0.2) is 14.7 Å². The van der Waals surface area contributed by atoms with Crippen LogP contribution in [0.15, 0.2) is 48.5 Å². The summed E-state index contributed by atoms with van der Waals surface area (Å²) in [5.41, 5.74) is 2.67. The van der Waals surface area contributed by atoms with E-state index in [0.29, 0.717) is 0 Å². The summed E-state index contributed by atoms with van der Waals surface area (Å²) in [5.74, 6) is 1.06. The molecule has 0 fully saturated rings. The number of aromatic hydroxyl groups is 1. The molecule has 2 aromatic carbocycles. The molecule has 0 saturated heterocycles. The van der Waals surface area contributed by atoms with Crippen molar-refractivity contribution in [3.63, 3.8) is 0 Å². The maximum absolute atomic E-state index is 10.1. The molecule has 0 aliphatic carbocycles. The van der Waals surface area contributed by atoms with Crippen molar-refractivity contribution in [2.75, 3.05) is 0 Å². The number of phenols is 1. The van der Waals surface area contributed by atoms with E-state index in [0.717, 1.165) is 22.4 Å². The molecule has 0 bridgehead atoms. The number of nitrogens with zero attached hydrogens (tertiary/aromatic N) is 2. The van der Waals surface area contributed by atoms with Gasteiger partial charge in [-0.15, -0.1) is 0 Å². The molecule has 0 radical (unpaired) electrons. The molecular formula is C17H18N2O. The number of hydrogen-bond donors (Lipinski definition) is 1. The maximum atomic E-state index is 10.1. The average Bonchev–Trinajstić information content (AvgIpc) is 2.78. The first-order valence-electron chi connectivity index (χ1n) is 6.75. The van der Waals surface area contributed by atoms with Gasteiger partial charge in [0.1, 0.15) is 11.6 Å². The lowest BCUT2D eigenvalue weighted by Crippen LogP contribution is -2.22. The van der Waals surface area contributed by atoms with Gasteiger partial charge < -0.3 is 9.67 Å². The summed E-state index contributed by atoms with van der Waals surface area (Å²) in [4.78, 5) is 4.71. The SMILES string of the molecule is CC(C)(C)n1c(-c2ccccc2O)nc2ccccc21. The molecule has 1 N–H and O–H groups in total. The number of rotatable bonds is 1. The molecule has 0 amide bonds. The molecule has 3 nitrogen and oxygen atoms in total. The minimum atomic E-state index is -0.117. The summed E-state index contributed by atoms with van der Waals surface area (Å²) >= 11 is 0. The average molecular weight is 266 g/mol. The Bertz CT molecular complexity index is 766. The number of aromatic nitrogens is 2. The van der Waals surface area contributed by atoms with E-state index in [1.807, 2.05) is 36.4 Å². The van der Waals surface area contributed by atoms with Crippen LogP contribution in [0, 0.1) is 0 Å². The maximum Gasteiger partial charge on any atom is 0.145 e. The van der Waals surface area contributed by atoms with Crippen LogP contribution in [0.4, 0.5) is 0 Å². The molecular weight excluding hydrogens is 248 g/mol. The van der Waals surface area contributed by atoms with Gasteiger partial charge in [0, 0.05) is 5.54 Å². The van der Waals surface area contributed by atoms with Crippen molar-refractivity contribution in [2.45, 2.75) is 26.3 Å². The largest absolute Gasteiger partial charge is 0.507 e. The molecule has 0 unspecified atom stereocenters. The second-order valence-corrected chi connectivity index (χ2v) is 5.95. The Balaban J connectivity index is 2.39. The first-order chi connectivity index (χ1) is 9.48. The first kappa shape index (κ1) is 12.7. The standard InChI is InChI=1S/C17H18N2O/c1-17(2,3)19-14-10-6-5-9-13(14)18-16(19)12-8-4-7-11-15(12)20/h4-11,20H,1-3H3. The van der Waals surface area contributed by atoms with Gasteiger partial charge >= 0.3 is 0 Å². The fourth-order valence-electron chi connectivity index (χ4n) is 2.55. The highest BCUT2D eigenvalue weighted by Crippen LogP contribution is 2.34. The van der Waals surface area contributed by atoms with E-state index < -0.39 is 0 Å². The van der Waals surface area contributed by atoms with Crippen LogP contribution in [0.5, 0.6) is 5.75 Å². The van der Waals surface area contributed by atoms with E-state index >= 15 is 0 Å². The smallest absolute Gasteiger partial charge is 0.145 e. The number of phenolic OH excluding ortho intramolecular Hbond substituents is 1. The van der Waals surface area contributed by atoms with Gasteiger partial charge in [0.25, 0.3) is 0 Å². The zero-order chi connectivity index (χ0) is 14.3. The second-order valence-electron chi connectivity index (χ2n) is 5.95. The summed E-state index contributed by atoms with van der Waals surface area (Å²) in [6.45, 7) is 6.43. The van der Waals surface area contributed by atoms with E-state index in [9.17, 15) is 5.11 Å². The quantitative estimate of drug-likeness (QED) is 0.718. The second kappa shape index (κ2) is 4.37. The van der Waals surface area contributed by atoms with Crippen LogP contribution >= 0.6 is 0 Å². The van der Waals surface area contributed by atoms with Gasteiger partial charge in [-0.3, -0.25) is 0 Å². The van der Waals surface area contributed by atoms with E-state index in [1.54, 1.807) is 6.07 Å². The third kappa shape index (κ3) is 1.95. The molecule has 3 rings (SSSR count). The fourth-order valence-corrected chi connectivity index (χ4v) is 2.55. The summed E-state index contributed by atoms with van der Waals surface area (Å²) in [6, 6.07) is 15.4. The lowest BCUT2D eigenvalue weighted by atomic mass is 10.1. The Morgan fingerprint density at radius 1 is 0.950 bits per heavy atom. The van der Waals surface area contributed by atoms with E-state index in [-0.39, 0.29) is 11.3 Å². The molecule has 0 atom stereocenters. The minimum Gasteiger partial charge on any atom is -0.507 e. The zero-order valence-electron chi connectivity index (χ0n) is 12.0. The molecule has 3 aromatic rings. The lowest BCUT2D eigenvalue weighted by molar-refractivity contribution is 0.411. The molecule has 3 heteroatoms. The Labute approximate surface area is 118 Å². The van der Waals surface area contributed by atoms with Gasteiger partial charge in [-0.1, -0.05) is 24.3 Å². The van der Waals surface area contributed by atoms with Gasteiger partial charge in [-0.05, 0) is 45.0 Å². The molecule has 102 valence electrons. The van der Waals surface area contributed by atoms with Crippen molar-refractivity contribution in [2.24, 2.45) is 0 Å². The third-order valence-corrected chi connectivity index (χ3v) is 3.38. The Kier molecular flexibility index (Phi) is 2.78.